The molecule has 3 nitrogen and oxygen atoms in total. The van der Waals surface area contributed by atoms with Gasteiger partial charge in [-0.2, -0.15) is 0 Å². The highest BCUT2D eigenvalue weighted by molar-refractivity contribution is 6.05. The average Bonchev–Trinajstić information content (AvgIpc) is 2.59. The normalized spacial score (nSPS) is 10.6. The summed E-state index contributed by atoms with van der Waals surface area (Å²) >= 11 is 0. The van der Waals surface area contributed by atoms with Crippen LogP contribution in [0.25, 0.3) is 21.9 Å². The van der Waals surface area contributed by atoms with Crippen molar-refractivity contribution in [1.29, 1.82) is 0 Å². The van der Waals surface area contributed by atoms with Crippen LogP contribution in [0.15, 0.2) is 54.6 Å². The van der Waals surface area contributed by atoms with Gasteiger partial charge in [0.15, 0.2) is 5.78 Å². The molecule has 0 spiro atoms. The summed E-state index contributed by atoms with van der Waals surface area (Å²) in [5.74, 6) is -0.314. The van der Waals surface area contributed by atoms with E-state index >= 15 is 0 Å². The van der Waals surface area contributed by atoms with Crippen LogP contribution in [0.4, 0.5) is 0 Å². The fourth-order valence-electron chi connectivity index (χ4n) is 2.92. The lowest BCUT2D eigenvalue weighted by Crippen LogP contribution is -2.03. The molecule has 0 aromatic heterocycles. The number of Topliss-reactive ketones (excluding diaryl/α,β-unsaturated/α-hetero) is 1. The van der Waals surface area contributed by atoms with Crippen molar-refractivity contribution in [1.82, 2.24) is 0 Å². The highest BCUT2D eigenvalue weighted by Gasteiger charge is 2.13. The Morgan fingerprint density at radius 3 is 2.38 bits per heavy atom. The van der Waals surface area contributed by atoms with Gasteiger partial charge >= 0.3 is 5.97 Å². The zero-order valence-corrected chi connectivity index (χ0v) is 13.9. The molecule has 0 amide bonds. The Hall–Kier alpha value is -2.94. The van der Waals surface area contributed by atoms with Gasteiger partial charge in [0.25, 0.3) is 0 Å². The van der Waals surface area contributed by atoms with Gasteiger partial charge in [0.1, 0.15) is 0 Å². The van der Waals surface area contributed by atoms with E-state index in [1.54, 1.807) is 13.0 Å². The molecule has 0 heterocycles. The SMILES string of the molecule is COC(=O)c1ccc(-c2cc(C(C)=O)cc3ccccc23)cc1C. The molecule has 3 heteroatoms. The molecule has 0 aliphatic heterocycles. The first-order chi connectivity index (χ1) is 11.5. The molecule has 0 saturated heterocycles. The Morgan fingerprint density at radius 1 is 0.958 bits per heavy atom. The number of carbonyl (C=O) groups excluding carboxylic acids is 2. The number of ketones is 1. The predicted octanol–water partition coefficient (Wildman–Crippen LogP) is 4.80. The van der Waals surface area contributed by atoms with Crippen molar-refractivity contribution in [2.24, 2.45) is 0 Å². The molecule has 0 fully saturated rings. The lowest BCUT2D eigenvalue weighted by atomic mass is 9.93. The number of fused-ring (bicyclic) bond motifs is 1. The van der Waals surface area contributed by atoms with Gasteiger partial charge in [-0.3, -0.25) is 4.79 Å². The number of ether oxygens (including phenoxy) is 1. The fraction of sp³-hybridized carbons (Fsp3) is 0.143. The summed E-state index contributed by atoms with van der Waals surface area (Å²) in [5, 5.41) is 2.10. The monoisotopic (exact) mass is 318 g/mol. The third-order valence-corrected chi connectivity index (χ3v) is 4.21. The molecular formula is C21H18O3. The van der Waals surface area contributed by atoms with Crippen LogP contribution < -0.4 is 0 Å². The van der Waals surface area contributed by atoms with Crippen molar-refractivity contribution in [2.75, 3.05) is 7.11 Å². The van der Waals surface area contributed by atoms with E-state index in [-0.39, 0.29) is 11.8 Å². The third kappa shape index (κ3) is 2.81. The molecule has 0 atom stereocenters. The maximum absolute atomic E-state index is 11.9. The summed E-state index contributed by atoms with van der Waals surface area (Å²) in [4.78, 5) is 23.6. The van der Waals surface area contributed by atoms with E-state index < -0.39 is 0 Å². The lowest BCUT2D eigenvalue weighted by Gasteiger charge is -2.12. The highest BCUT2D eigenvalue weighted by atomic mass is 16.5. The van der Waals surface area contributed by atoms with E-state index in [4.69, 9.17) is 4.74 Å². The molecule has 0 saturated carbocycles. The second-order valence-electron chi connectivity index (χ2n) is 5.82. The van der Waals surface area contributed by atoms with Gasteiger partial charge in [-0.1, -0.05) is 36.4 Å². The van der Waals surface area contributed by atoms with Gasteiger partial charge < -0.3 is 4.74 Å². The zero-order chi connectivity index (χ0) is 17.3. The molecule has 3 aromatic rings. The summed E-state index contributed by atoms with van der Waals surface area (Å²) < 4.78 is 4.80. The van der Waals surface area contributed by atoms with E-state index in [1.165, 1.54) is 7.11 Å². The maximum Gasteiger partial charge on any atom is 0.338 e. The van der Waals surface area contributed by atoms with Crippen LogP contribution in [-0.2, 0) is 4.74 Å². The Balaban J connectivity index is 2.23. The summed E-state index contributed by atoms with van der Waals surface area (Å²) in [6.45, 7) is 3.45. The number of esters is 1. The van der Waals surface area contributed by atoms with Crippen LogP contribution in [0.3, 0.4) is 0 Å². The van der Waals surface area contributed by atoms with E-state index in [0.717, 1.165) is 27.5 Å². The minimum Gasteiger partial charge on any atom is -0.465 e. The van der Waals surface area contributed by atoms with Crippen LogP contribution in [0.5, 0.6) is 0 Å². The van der Waals surface area contributed by atoms with Crippen molar-refractivity contribution in [3.8, 4) is 11.1 Å². The number of carbonyl (C=O) groups is 2. The first kappa shape index (κ1) is 15.9. The largest absolute Gasteiger partial charge is 0.465 e. The fourth-order valence-corrected chi connectivity index (χ4v) is 2.92. The molecule has 0 radical (unpaired) electrons. The molecule has 0 bridgehead atoms. The van der Waals surface area contributed by atoms with Gasteiger partial charge in [-0.25, -0.2) is 4.79 Å². The number of methoxy groups -OCH3 is 1. The maximum atomic E-state index is 11.9. The van der Waals surface area contributed by atoms with Gasteiger partial charge in [0.05, 0.1) is 12.7 Å². The number of hydrogen-bond acceptors (Lipinski definition) is 3. The quantitative estimate of drug-likeness (QED) is 0.514. The van der Waals surface area contributed by atoms with Crippen molar-refractivity contribution in [3.63, 3.8) is 0 Å². The number of rotatable bonds is 3. The van der Waals surface area contributed by atoms with Crippen LogP contribution in [0.2, 0.25) is 0 Å². The lowest BCUT2D eigenvalue weighted by molar-refractivity contribution is 0.0600. The van der Waals surface area contributed by atoms with Crippen molar-refractivity contribution >= 4 is 22.5 Å². The summed E-state index contributed by atoms with van der Waals surface area (Å²) in [5.41, 5.74) is 4.03. The van der Waals surface area contributed by atoms with Gasteiger partial charge in [0.2, 0.25) is 0 Å². The minimum absolute atomic E-state index is 0.0323. The summed E-state index contributed by atoms with van der Waals surface area (Å²) in [7, 11) is 1.37. The van der Waals surface area contributed by atoms with Crippen LogP contribution in [-0.4, -0.2) is 18.9 Å². The molecular weight excluding hydrogens is 300 g/mol. The van der Waals surface area contributed by atoms with Crippen LogP contribution in [0, 0.1) is 6.92 Å². The Labute approximate surface area is 140 Å². The van der Waals surface area contributed by atoms with Crippen molar-refractivity contribution in [2.45, 2.75) is 13.8 Å². The number of benzene rings is 3. The van der Waals surface area contributed by atoms with Crippen LogP contribution >= 0.6 is 0 Å². The predicted molar refractivity (Wildman–Crippen MR) is 95.5 cm³/mol. The molecule has 0 aliphatic carbocycles. The minimum atomic E-state index is -0.346. The standard InChI is InChI=1S/C21H18O3/c1-13-10-16(8-9-18(13)21(23)24-3)20-12-17(14(2)22)11-15-6-4-5-7-19(15)20/h4-12H,1-3H3. The summed E-state index contributed by atoms with van der Waals surface area (Å²) in [6, 6.07) is 17.4. The number of aryl methyl sites for hydroxylation is 1. The van der Waals surface area contributed by atoms with Gasteiger partial charge in [0, 0.05) is 5.56 Å². The molecule has 3 aromatic carbocycles. The second-order valence-corrected chi connectivity index (χ2v) is 5.82. The zero-order valence-electron chi connectivity index (χ0n) is 13.9. The molecule has 0 aliphatic rings. The smallest absolute Gasteiger partial charge is 0.338 e. The topological polar surface area (TPSA) is 43.4 Å². The Kier molecular flexibility index (Phi) is 4.17. The molecule has 0 N–H and O–H groups in total. The molecule has 3 rings (SSSR count). The molecule has 0 unspecified atom stereocenters. The van der Waals surface area contributed by atoms with Crippen molar-refractivity contribution < 1.29 is 14.3 Å². The van der Waals surface area contributed by atoms with Crippen LogP contribution in [0.1, 0.15) is 33.2 Å². The van der Waals surface area contributed by atoms with Crippen molar-refractivity contribution in [3.05, 3.63) is 71.3 Å². The van der Waals surface area contributed by atoms with E-state index in [1.807, 2.05) is 55.5 Å². The first-order valence-electron chi connectivity index (χ1n) is 7.74. The second kappa shape index (κ2) is 6.28. The molecule has 24 heavy (non-hydrogen) atoms. The van der Waals surface area contributed by atoms with Gasteiger partial charge in [-0.05, 0) is 59.5 Å². The number of hydrogen-bond donors (Lipinski definition) is 0. The van der Waals surface area contributed by atoms with E-state index in [2.05, 4.69) is 0 Å². The Bertz CT molecular complexity index is 954. The third-order valence-electron chi connectivity index (χ3n) is 4.21. The first-order valence-corrected chi connectivity index (χ1v) is 7.74. The Morgan fingerprint density at radius 2 is 1.71 bits per heavy atom. The highest BCUT2D eigenvalue weighted by Crippen LogP contribution is 2.31. The van der Waals surface area contributed by atoms with E-state index in [0.29, 0.717) is 11.1 Å². The van der Waals surface area contributed by atoms with Gasteiger partial charge in [-0.15, -0.1) is 0 Å². The van der Waals surface area contributed by atoms with E-state index in [9.17, 15) is 9.59 Å². The summed E-state index contributed by atoms with van der Waals surface area (Å²) in [6.07, 6.45) is 0. The average molecular weight is 318 g/mol. The molecule has 120 valence electrons.